The molecule has 4 heteroatoms. The molecule has 0 atom stereocenters. The number of aryl methyl sites for hydroxylation is 1. The lowest BCUT2D eigenvalue weighted by molar-refractivity contribution is 0.0519. The molecule has 0 N–H and O–H groups in total. The number of rotatable bonds is 6. The van der Waals surface area contributed by atoms with Crippen molar-refractivity contribution in [2.75, 3.05) is 26.2 Å². The second kappa shape index (κ2) is 8.77. The third-order valence-corrected chi connectivity index (χ3v) is 4.62. The Hall–Kier alpha value is -2.46. The molecule has 26 heavy (non-hydrogen) atoms. The summed E-state index contributed by atoms with van der Waals surface area (Å²) in [5.41, 5.74) is 4.55. The number of ether oxygens (including phenoxy) is 1. The highest BCUT2D eigenvalue weighted by Gasteiger charge is 2.14. The maximum atomic E-state index is 12.1. The van der Waals surface area contributed by atoms with E-state index in [9.17, 15) is 4.79 Å². The number of carbonyl (C=O) groups is 1. The zero-order valence-electron chi connectivity index (χ0n) is 15.6. The zero-order chi connectivity index (χ0) is 18.4. The molecule has 0 aliphatic carbocycles. The van der Waals surface area contributed by atoms with Gasteiger partial charge in [0.2, 0.25) is 0 Å². The van der Waals surface area contributed by atoms with Crippen LogP contribution >= 0.6 is 0 Å². The minimum atomic E-state index is -0.378. The van der Waals surface area contributed by atoms with Gasteiger partial charge in [0.15, 0.2) is 0 Å². The van der Waals surface area contributed by atoms with E-state index in [0.717, 1.165) is 36.5 Å². The van der Waals surface area contributed by atoms with Crippen LogP contribution in [-0.2, 0) is 4.74 Å². The van der Waals surface area contributed by atoms with E-state index < -0.39 is 0 Å². The normalized spacial score (nSPS) is 15.2. The Balaban J connectivity index is 1.94. The molecule has 1 aliphatic rings. The fourth-order valence-electron chi connectivity index (χ4n) is 3.19. The quantitative estimate of drug-likeness (QED) is 0.736. The molecule has 1 aromatic carbocycles. The van der Waals surface area contributed by atoms with E-state index in [1.165, 1.54) is 18.4 Å². The van der Waals surface area contributed by atoms with Crippen molar-refractivity contribution in [1.29, 1.82) is 0 Å². The van der Waals surface area contributed by atoms with Crippen LogP contribution in [-0.4, -0.2) is 42.1 Å². The van der Waals surface area contributed by atoms with Gasteiger partial charge in [0.05, 0.1) is 12.3 Å². The summed E-state index contributed by atoms with van der Waals surface area (Å²) in [4.78, 5) is 19.1. The van der Waals surface area contributed by atoms with Gasteiger partial charge >= 0.3 is 5.97 Å². The fourth-order valence-corrected chi connectivity index (χ4v) is 3.19. The Labute approximate surface area is 155 Å². The second-order valence-electron chi connectivity index (χ2n) is 6.62. The molecule has 0 radical (unpaired) electrons. The largest absolute Gasteiger partial charge is 0.461 e. The Morgan fingerprint density at radius 1 is 1.12 bits per heavy atom. The van der Waals surface area contributed by atoms with Gasteiger partial charge in [-0.2, -0.15) is 0 Å². The number of aromatic nitrogens is 1. The predicted molar refractivity (Wildman–Crippen MR) is 104 cm³/mol. The van der Waals surface area contributed by atoms with Gasteiger partial charge in [0, 0.05) is 12.1 Å². The van der Waals surface area contributed by atoms with Gasteiger partial charge in [-0.1, -0.05) is 42.0 Å². The molecular weight excluding hydrogens is 324 g/mol. The molecule has 1 aliphatic heterocycles. The van der Waals surface area contributed by atoms with E-state index in [2.05, 4.69) is 47.1 Å². The number of esters is 1. The second-order valence-corrected chi connectivity index (χ2v) is 6.62. The molecule has 1 aromatic heterocycles. The summed E-state index contributed by atoms with van der Waals surface area (Å²) < 4.78 is 5.10. The Morgan fingerprint density at radius 3 is 2.50 bits per heavy atom. The first-order chi connectivity index (χ1) is 12.7. The molecule has 136 valence electrons. The van der Waals surface area contributed by atoms with E-state index in [0.29, 0.717) is 12.3 Å². The Kier molecular flexibility index (Phi) is 6.18. The third kappa shape index (κ3) is 4.58. The smallest absolute Gasteiger partial charge is 0.356 e. The van der Waals surface area contributed by atoms with Crippen molar-refractivity contribution in [2.45, 2.75) is 26.7 Å². The average molecular weight is 350 g/mol. The summed E-state index contributed by atoms with van der Waals surface area (Å²) in [6.45, 7) is 7.42. The Morgan fingerprint density at radius 2 is 1.81 bits per heavy atom. The molecule has 0 unspecified atom stereocenters. The first-order valence-corrected chi connectivity index (χ1v) is 9.31. The molecule has 1 fully saturated rings. The third-order valence-electron chi connectivity index (χ3n) is 4.62. The minimum absolute atomic E-state index is 0.348. The SMILES string of the molecule is CCOC(=O)c1cccc(/C(=C/CN2CCCC2)c2ccc(C)cc2)n1. The number of hydrogen-bond acceptors (Lipinski definition) is 4. The van der Waals surface area contributed by atoms with Crippen LogP contribution in [0.2, 0.25) is 0 Å². The first kappa shape index (κ1) is 18.3. The zero-order valence-corrected chi connectivity index (χ0v) is 15.6. The van der Waals surface area contributed by atoms with Gasteiger partial charge in [-0.3, -0.25) is 4.90 Å². The van der Waals surface area contributed by atoms with E-state index >= 15 is 0 Å². The number of nitrogens with zero attached hydrogens (tertiary/aromatic N) is 2. The topological polar surface area (TPSA) is 42.4 Å². The predicted octanol–water partition coefficient (Wildman–Crippen LogP) is 4.09. The molecular formula is C22H26N2O2. The molecule has 0 bridgehead atoms. The number of pyridine rings is 1. The Bertz CT molecular complexity index is 775. The van der Waals surface area contributed by atoms with Gasteiger partial charge in [0.1, 0.15) is 5.69 Å². The lowest BCUT2D eigenvalue weighted by atomic mass is 10.00. The van der Waals surface area contributed by atoms with E-state index in [1.54, 1.807) is 13.0 Å². The average Bonchev–Trinajstić information content (AvgIpc) is 3.17. The van der Waals surface area contributed by atoms with Crippen LogP contribution in [0.1, 0.15) is 47.1 Å². The van der Waals surface area contributed by atoms with Gasteiger partial charge in [-0.25, -0.2) is 9.78 Å². The molecule has 2 heterocycles. The van der Waals surface area contributed by atoms with E-state index in [-0.39, 0.29) is 5.97 Å². The van der Waals surface area contributed by atoms with Crippen molar-refractivity contribution in [1.82, 2.24) is 9.88 Å². The van der Waals surface area contributed by atoms with Crippen LogP contribution in [0.4, 0.5) is 0 Å². The molecule has 0 spiro atoms. The van der Waals surface area contributed by atoms with Crippen molar-refractivity contribution in [3.8, 4) is 0 Å². The van der Waals surface area contributed by atoms with Gasteiger partial charge in [-0.15, -0.1) is 0 Å². The summed E-state index contributed by atoms with van der Waals surface area (Å²) in [6.07, 6.45) is 4.77. The molecule has 2 aromatic rings. The summed E-state index contributed by atoms with van der Waals surface area (Å²) in [6, 6.07) is 14.0. The number of benzene rings is 1. The standard InChI is InChI=1S/C22H26N2O2/c1-3-26-22(25)21-8-6-7-20(23-21)19(13-16-24-14-4-5-15-24)18-11-9-17(2)10-12-18/h6-13H,3-5,14-16H2,1-2H3/b19-13+. The highest BCUT2D eigenvalue weighted by atomic mass is 16.5. The van der Waals surface area contributed by atoms with E-state index in [1.807, 2.05) is 12.1 Å². The number of likely N-dealkylation sites (tertiary alicyclic amines) is 1. The van der Waals surface area contributed by atoms with Crippen LogP contribution in [0.5, 0.6) is 0 Å². The van der Waals surface area contributed by atoms with Gasteiger partial charge in [-0.05, 0) is 57.5 Å². The summed E-state index contributed by atoms with van der Waals surface area (Å²) in [5, 5.41) is 0. The van der Waals surface area contributed by atoms with Crippen molar-refractivity contribution in [3.63, 3.8) is 0 Å². The number of carbonyl (C=O) groups excluding carboxylic acids is 1. The van der Waals surface area contributed by atoms with Crippen LogP contribution in [0.25, 0.3) is 5.57 Å². The molecule has 4 nitrogen and oxygen atoms in total. The molecule has 0 saturated carbocycles. The fraction of sp³-hybridized carbons (Fsp3) is 0.364. The summed E-state index contributed by atoms with van der Waals surface area (Å²) >= 11 is 0. The lowest BCUT2D eigenvalue weighted by Crippen LogP contribution is -2.19. The van der Waals surface area contributed by atoms with Gasteiger partial charge < -0.3 is 4.74 Å². The van der Waals surface area contributed by atoms with Crippen LogP contribution < -0.4 is 0 Å². The van der Waals surface area contributed by atoms with Crippen LogP contribution in [0.3, 0.4) is 0 Å². The van der Waals surface area contributed by atoms with Crippen molar-refractivity contribution < 1.29 is 9.53 Å². The molecule has 1 saturated heterocycles. The van der Waals surface area contributed by atoms with Crippen molar-refractivity contribution in [3.05, 3.63) is 71.1 Å². The highest BCUT2D eigenvalue weighted by Crippen LogP contribution is 2.23. The van der Waals surface area contributed by atoms with Crippen molar-refractivity contribution in [2.24, 2.45) is 0 Å². The number of hydrogen-bond donors (Lipinski definition) is 0. The monoisotopic (exact) mass is 350 g/mol. The molecule has 0 amide bonds. The van der Waals surface area contributed by atoms with Gasteiger partial charge in [0.25, 0.3) is 0 Å². The van der Waals surface area contributed by atoms with Crippen LogP contribution in [0.15, 0.2) is 48.5 Å². The first-order valence-electron chi connectivity index (χ1n) is 9.31. The molecule has 3 rings (SSSR count). The lowest BCUT2D eigenvalue weighted by Gasteiger charge is -2.14. The summed E-state index contributed by atoms with van der Waals surface area (Å²) in [7, 11) is 0. The summed E-state index contributed by atoms with van der Waals surface area (Å²) in [5.74, 6) is -0.378. The van der Waals surface area contributed by atoms with E-state index in [4.69, 9.17) is 4.74 Å². The van der Waals surface area contributed by atoms with Crippen LogP contribution in [0, 0.1) is 6.92 Å². The maximum absolute atomic E-state index is 12.1. The maximum Gasteiger partial charge on any atom is 0.356 e. The minimum Gasteiger partial charge on any atom is -0.461 e. The van der Waals surface area contributed by atoms with Crippen molar-refractivity contribution >= 4 is 11.5 Å². The highest BCUT2D eigenvalue weighted by molar-refractivity contribution is 5.88.